The normalized spacial score (nSPS) is 29.2. The number of alkyl halides is 4. The van der Waals surface area contributed by atoms with Crippen LogP contribution < -0.4 is 0 Å². The Kier molecular flexibility index (Phi) is 7.50. The van der Waals surface area contributed by atoms with Crippen molar-refractivity contribution in [2.24, 2.45) is 11.8 Å². The Morgan fingerprint density at radius 3 is 1.75 bits per heavy atom. The van der Waals surface area contributed by atoms with E-state index in [0.717, 1.165) is 10.6 Å². The second kappa shape index (κ2) is 9.92. The maximum absolute atomic E-state index is 14.0. The van der Waals surface area contributed by atoms with Crippen LogP contribution in [0.2, 0.25) is 10.0 Å². The molecule has 1 heterocycles. The molecule has 6 nitrogen and oxygen atoms in total. The summed E-state index contributed by atoms with van der Waals surface area (Å²) in [5.41, 5.74) is 1.08. The number of hydrogen-bond donors (Lipinski definition) is 0. The SMILES string of the molecule is Cc1ccc(C(=O)[C@H](C)N(C(=O)c2ccc(Cl)c(Cl)c2)N2C(=O)[C@@H]3[C@H](C2=O)[C@@]2(Cl)C(Cl)=C(Cl)[C@@]3(Cl)C2(Cl)Cl)cc1. The number of nitrogens with zero attached hydrogens (tertiary/aromatic N) is 2. The van der Waals surface area contributed by atoms with E-state index in [1.807, 2.05) is 6.92 Å². The van der Waals surface area contributed by atoms with Gasteiger partial charge in [-0.25, -0.2) is 5.01 Å². The van der Waals surface area contributed by atoms with Gasteiger partial charge in [0.1, 0.15) is 15.8 Å². The van der Waals surface area contributed by atoms with E-state index < -0.39 is 55.5 Å². The predicted molar refractivity (Wildman–Crippen MR) is 157 cm³/mol. The minimum atomic E-state index is -2.16. The van der Waals surface area contributed by atoms with Gasteiger partial charge < -0.3 is 0 Å². The number of benzene rings is 2. The molecular weight excluding hydrogens is 688 g/mol. The maximum atomic E-state index is 14.0. The first kappa shape index (κ1) is 30.2. The number of hydrogen-bond acceptors (Lipinski definition) is 4. The molecule has 1 saturated carbocycles. The van der Waals surface area contributed by atoms with E-state index in [-0.39, 0.29) is 31.2 Å². The molecule has 14 heteroatoms. The highest BCUT2D eigenvalue weighted by Gasteiger charge is 2.88. The van der Waals surface area contributed by atoms with Gasteiger partial charge in [0.25, 0.3) is 17.7 Å². The van der Waals surface area contributed by atoms with Gasteiger partial charge in [0.2, 0.25) is 0 Å². The van der Waals surface area contributed by atoms with Crippen molar-refractivity contribution in [2.75, 3.05) is 0 Å². The Balaban J connectivity index is 1.64. The third-order valence-electron chi connectivity index (χ3n) is 7.56. The number of amides is 3. The van der Waals surface area contributed by atoms with Crippen molar-refractivity contribution in [2.45, 2.75) is 34.0 Å². The molecule has 1 saturated heterocycles. The van der Waals surface area contributed by atoms with Crippen LogP contribution in [0.3, 0.4) is 0 Å². The van der Waals surface area contributed by atoms with Crippen LogP contribution in [0.25, 0.3) is 0 Å². The third kappa shape index (κ3) is 3.77. The summed E-state index contributed by atoms with van der Waals surface area (Å²) >= 11 is 51.7. The Labute approximate surface area is 268 Å². The highest BCUT2D eigenvalue weighted by molar-refractivity contribution is 6.66. The summed E-state index contributed by atoms with van der Waals surface area (Å²) in [7, 11) is 0. The lowest BCUT2D eigenvalue weighted by atomic mass is 9.84. The zero-order valence-corrected chi connectivity index (χ0v) is 26.4. The number of fused-ring (bicyclic) bond motifs is 5. The number of imide groups is 1. The second-order valence-electron chi connectivity index (χ2n) is 9.75. The van der Waals surface area contributed by atoms with E-state index in [0.29, 0.717) is 5.01 Å². The highest BCUT2D eigenvalue weighted by Crippen LogP contribution is 2.77. The quantitative estimate of drug-likeness (QED) is 0.185. The lowest BCUT2D eigenvalue weighted by Gasteiger charge is -2.38. The molecule has 2 aromatic carbocycles. The second-order valence-corrected chi connectivity index (χ2v) is 13.8. The average Bonchev–Trinajstić information content (AvgIpc) is 3.29. The number of allylic oxidation sites excluding steroid dienone is 2. The van der Waals surface area contributed by atoms with Crippen LogP contribution in [-0.4, -0.2) is 53.6 Å². The van der Waals surface area contributed by atoms with Crippen molar-refractivity contribution in [1.82, 2.24) is 10.0 Å². The van der Waals surface area contributed by atoms with Crippen LogP contribution in [0.4, 0.5) is 0 Å². The largest absolute Gasteiger partial charge is 0.292 e. The van der Waals surface area contributed by atoms with Crippen molar-refractivity contribution >= 4 is 116 Å². The minimum Gasteiger partial charge on any atom is -0.292 e. The summed E-state index contributed by atoms with van der Waals surface area (Å²) in [6.45, 7) is 3.22. The van der Waals surface area contributed by atoms with Crippen LogP contribution >= 0.6 is 92.8 Å². The number of aryl methyl sites for hydroxylation is 1. The molecule has 5 atom stereocenters. The van der Waals surface area contributed by atoms with Crippen molar-refractivity contribution in [1.29, 1.82) is 0 Å². The van der Waals surface area contributed by atoms with E-state index in [1.54, 1.807) is 24.3 Å². The van der Waals surface area contributed by atoms with E-state index in [9.17, 15) is 19.2 Å². The summed E-state index contributed by atoms with van der Waals surface area (Å²) < 4.78 is -2.16. The topological polar surface area (TPSA) is 74.8 Å². The van der Waals surface area contributed by atoms with Crippen molar-refractivity contribution in [3.8, 4) is 0 Å². The molecule has 0 spiro atoms. The molecule has 0 radical (unpaired) electrons. The molecule has 0 unspecified atom stereocenters. The summed E-state index contributed by atoms with van der Waals surface area (Å²) in [6, 6.07) is 9.15. The van der Waals surface area contributed by atoms with Crippen LogP contribution in [0.15, 0.2) is 52.5 Å². The van der Waals surface area contributed by atoms with E-state index in [2.05, 4.69) is 0 Å². The van der Waals surface area contributed by atoms with Gasteiger partial charge in [0.15, 0.2) is 10.1 Å². The number of rotatable bonds is 5. The van der Waals surface area contributed by atoms with E-state index in [1.165, 1.54) is 25.1 Å². The van der Waals surface area contributed by atoms with Crippen LogP contribution in [0.5, 0.6) is 0 Å². The molecule has 3 amide bonds. The highest BCUT2D eigenvalue weighted by atomic mass is 35.5. The maximum Gasteiger partial charge on any atom is 0.273 e. The van der Waals surface area contributed by atoms with Gasteiger partial charge in [0, 0.05) is 11.1 Å². The first-order valence-corrected chi connectivity index (χ1v) is 14.6. The van der Waals surface area contributed by atoms with Crippen LogP contribution in [-0.2, 0) is 9.59 Å². The van der Waals surface area contributed by atoms with Crippen LogP contribution in [0.1, 0.15) is 33.2 Å². The molecule has 3 aliphatic rings. The molecule has 0 N–H and O–H groups in total. The Morgan fingerprint density at radius 2 is 1.27 bits per heavy atom. The molecule has 2 aliphatic carbocycles. The van der Waals surface area contributed by atoms with E-state index >= 15 is 0 Å². The lowest BCUT2D eigenvalue weighted by molar-refractivity contribution is -0.157. The number of halogens is 8. The molecule has 40 heavy (non-hydrogen) atoms. The number of carbonyl (C=O) groups excluding carboxylic acids is 4. The molecule has 2 aromatic rings. The Hall–Kier alpha value is -1.22. The first-order valence-electron chi connectivity index (χ1n) is 11.6. The van der Waals surface area contributed by atoms with Gasteiger partial charge in [0.05, 0.1) is 31.9 Å². The van der Waals surface area contributed by atoms with Gasteiger partial charge in [-0.2, -0.15) is 5.01 Å². The van der Waals surface area contributed by atoms with Gasteiger partial charge in [-0.05, 0) is 32.0 Å². The molecule has 5 rings (SSSR count). The zero-order valence-electron chi connectivity index (χ0n) is 20.3. The smallest absolute Gasteiger partial charge is 0.273 e. The number of ketones is 1. The van der Waals surface area contributed by atoms with E-state index in [4.69, 9.17) is 92.8 Å². The lowest BCUT2D eigenvalue weighted by Crippen LogP contribution is -2.59. The fraction of sp³-hybridized carbons (Fsp3) is 0.308. The first-order chi connectivity index (χ1) is 18.5. The summed E-state index contributed by atoms with van der Waals surface area (Å²) in [5, 5.41) is 0.926. The van der Waals surface area contributed by atoms with Crippen molar-refractivity contribution in [3.05, 3.63) is 79.3 Å². The van der Waals surface area contributed by atoms with Crippen LogP contribution in [0, 0.1) is 18.8 Å². The average molecular weight is 704 g/mol. The Bertz CT molecular complexity index is 1500. The molecule has 2 bridgehead atoms. The molecule has 210 valence electrons. The van der Waals surface area contributed by atoms with Crippen molar-refractivity contribution < 1.29 is 19.2 Å². The standard InChI is InChI=1S/C26H16Cl8N2O4/c1-10-3-5-12(6-4-10)18(37)11(2)35(21(38)13-7-8-14(27)15(28)9-13)36-22(39)16-17(23(36)40)25(32)20(30)19(29)24(16,31)26(25,33)34/h3-9,11,16-17H,1-2H3/t11-,16-,17+,24+,25+/m0/s1. The Morgan fingerprint density at radius 1 is 0.800 bits per heavy atom. The third-order valence-corrected chi connectivity index (χ3v) is 12.6. The molecular formula is C26H16Cl8N2O4. The molecule has 1 aliphatic heterocycles. The monoisotopic (exact) mass is 700 g/mol. The number of hydrazine groups is 1. The van der Waals surface area contributed by atoms with Gasteiger partial charge in [-0.15, -0.1) is 23.2 Å². The molecule has 0 aromatic heterocycles. The van der Waals surface area contributed by atoms with Crippen molar-refractivity contribution in [3.63, 3.8) is 0 Å². The fourth-order valence-electron chi connectivity index (χ4n) is 5.46. The van der Waals surface area contributed by atoms with Gasteiger partial charge in [-0.1, -0.05) is 99.4 Å². The number of carbonyl (C=O) groups is 4. The summed E-state index contributed by atoms with van der Waals surface area (Å²) in [5.74, 6) is -6.45. The van der Waals surface area contributed by atoms with Gasteiger partial charge >= 0.3 is 0 Å². The molecule has 2 fully saturated rings. The summed E-state index contributed by atoms with van der Waals surface area (Å²) in [6.07, 6.45) is 0. The predicted octanol–water partition coefficient (Wildman–Crippen LogP) is 7.38. The summed E-state index contributed by atoms with van der Waals surface area (Å²) in [4.78, 5) is 51.5. The van der Waals surface area contributed by atoms with Gasteiger partial charge in [-0.3, -0.25) is 19.2 Å². The fourth-order valence-corrected chi connectivity index (χ4v) is 8.69. The minimum absolute atomic E-state index is 0.0372. The number of Topliss-reactive ketones (excluding diaryl/α,β-unsaturated/α-hetero) is 1. The zero-order chi connectivity index (χ0) is 29.7.